The van der Waals surface area contributed by atoms with Gasteiger partial charge in [0.15, 0.2) is 12.0 Å². The van der Waals surface area contributed by atoms with Crippen LogP contribution in [0.25, 0.3) is 11.1 Å². The molecule has 0 amide bonds. The Balaban J connectivity index is 1.65. The quantitative estimate of drug-likeness (QED) is 0.785. The van der Waals surface area contributed by atoms with Crippen LogP contribution >= 0.6 is 0 Å². The molecule has 0 saturated carbocycles. The maximum absolute atomic E-state index is 12.1. The summed E-state index contributed by atoms with van der Waals surface area (Å²) in [5.41, 5.74) is 2.50. The largest absolute Gasteiger partial charge is 0.443 e. The Morgan fingerprint density at radius 1 is 1.10 bits per heavy atom. The van der Waals surface area contributed by atoms with Gasteiger partial charge in [0.25, 0.3) is 0 Å². The number of oxazole rings is 1. The predicted octanol–water partition coefficient (Wildman–Crippen LogP) is 2.35. The Morgan fingerprint density at radius 2 is 1.90 bits per heavy atom. The second kappa shape index (κ2) is 5.67. The Hall–Kier alpha value is -2.18. The molecule has 3 rings (SSSR count). The fourth-order valence-corrected chi connectivity index (χ4v) is 3.12. The van der Waals surface area contributed by atoms with Gasteiger partial charge in [-0.2, -0.15) is 0 Å². The highest BCUT2D eigenvalue weighted by molar-refractivity contribution is 7.89. The predicted molar refractivity (Wildman–Crippen MR) is 79.3 cm³/mol. The van der Waals surface area contributed by atoms with Gasteiger partial charge in [0.1, 0.15) is 5.52 Å². The molecule has 0 saturated heterocycles. The lowest BCUT2D eigenvalue weighted by atomic mass is 10.1. The standard InChI is InChI=1S/C15H14N2O3S/c18-21(19,13-4-2-1-3-5-13)17-9-8-12-6-7-14-15(10-12)20-11-16-14/h1-7,10-11,17H,8-9H2. The molecule has 21 heavy (non-hydrogen) atoms. The summed E-state index contributed by atoms with van der Waals surface area (Å²) in [4.78, 5) is 4.31. The lowest BCUT2D eigenvalue weighted by Crippen LogP contribution is -2.25. The van der Waals surface area contributed by atoms with Crippen LogP contribution in [0.4, 0.5) is 0 Å². The van der Waals surface area contributed by atoms with E-state index in [0.717, 1.165) is 11.1 Å². The summed E-state index contributed by atoms with van der Waals surface area (Å²) in [6.45, 7) is 0.330. The molecule has 0 radical (unpaired) electrons. The highest BCUT2D eigenvalue weighted by atomic mass is 32.2. The Morgan fingerprint density at radius 3 is 2.71 bits per heavy atom. The smallest absolute Gasteiger partial charge is 0.240 e. The van der Waals surface area contributed by atoms with Crippen molar-refractivity contribution in [3.63, 3.8) is 0 Å². The molecule has 1 heterocycles. The van der Waals surface area contributed by atoms with E-state index in [2.05, 4.69) is 9.71 Å². The molecule has 0 fully saturated rings. The maximum Gasteiger partial charge on any atom is 0.240 e. The zero-order valence-electron chi connectivity index (χ0n) is 11.2. The number of sulfonamides is 1. The lowest BCUT2D eigenvalue weighted by Gasteiger charge is -2.06. The highest BCUT2D eigenvalue weighted by Gasteiger charge is 2.12. The normalized spacial score (nSPS) is 11.8. The van der Waals surface area contributed by atoms with Gasteiger partial charge in [-0.1, -0.05) is 24.3 Å². The van der Waals surface area contributed by atoms with Gasteiger partial charge < -0.3 is 4.42 Å². The minimum Gasteiger partial charge on any atom is -0.443 e. The number of fused-ring (bicyclic) bond motifs is 1. The van der Waals surface area contributed by atoms with E-state index in [9.17, 15) is 8.42 Å². The van der Waals surface area contributed by atoms with Crippen LogP contribution in [-0.2, 0) is 16.4 Å². The van der Waals surface area contributed by atoms with Crippen LogP contribution < -0.4 is 4.72 Å². The van der Waals surface area contributed by atoms with Crippen molar-refractivity contribution in [2.24, 2.45) is 0 Å². The van der Waals surface area contributed by atoms with Crippen LogP contribution in [0.2, 0.25) is 0 Å². The monoisotopic (exact) mass is 302 g/mol. The first-order valence-electron chi connectivity index (χ1n) is 6.52. The summed E-state index contributed by atoms with van der Waals surface area (Å²) in [5.74, 6) is 0. The zero-order valence-corrected chi connectivity index (χ0v) is 12.0. The van der Waals surface area contributed by atoms with Gasteiger partial charge in [0, 0.05) is 6.54 Å². The fraction of sp³-hybridized carbons (Fsp3) is 0.133. The third kappa shape index (κ3) is 3.12. The number of hydrogen-bond donors (Lipinski definition) is 1. The van der Waals surface area contributed by atoms with Crippen molar-refractivity contribution >= 4 is 21.1 Å². The van der Waals surface area contributed by atoms with Crippen LogP contribution in [0.1, 0.15) is 5.56 Å². The van der Waals surface area contributed by atoms with E-state index < -0.39 is 10.0 Å². The third-order valence-electron chi connectivity index (χ3n) is 3.15. The van der Waals surface area contributed by atoms with E-state index in [0.29, 0.717) is 18.5 Å². The lowest BCUT2D eigenvalue weighted by molar-refractivity contribution is 0.581. The molecule has 6 heteroatoms. The number of nitrogens with one attached hydrogen (secondary N) is 1. The average molecular weight is 302 g/mol. The van der Waals surface area contributed by atoms with E-state index in [4.69, 9.17) is 4.42 Å². The molecule has 1 aromatic heterocycles. The van der Waals surface area contributed by atoms with Crippen LogP contribution in [0, 0.1) is 0 Å². The molecule has 0 aliphatic carbocycles. The maximum atomic E-state index is 12.1. The van der Waals surface area contributed by atoms with E-state index >= 15 is 0 Å². The highest BCUT2D eigenvalue weighted by Crippen LogP contribution is 2.14. The fourth-order valence-electron chi connectivity index (χ4n) is 2.07. The van der Waals surface area contributed by atoms with Crippen molar-refractivity contribution in [1.29, 1.82) is 0 Å². The topological polar surface area (TPSA) is 72.2 Å². The minimum absolute atomic E-state index is 0.274. The summed E-state index contributed by atoms with van der Waals surface area (Å²) in [5, 5.41) is 0. The first-order valence-corrected chi connectivity index (χ1v) is 8.00. The second-order valence-corrected chi connectivity index (χ2v) is 6.38. The number of hydrogen-bond acceptors (Lipinski definition) is 4. The van der Waals surface area contributed by atoms with Crippen LogP contribution in [-0.4, -0.2) is 19.9 Å². The molecule has 0 bridgehead atoms. The van der Waals surface area contributed by atoms with Crippen molar-refractivity contribution in [2.45, 2.75) is 11.3 Å². The zero-order chi connectivity index (χ0) is 14.7. The Bertz CT molecular complexity index is 841. The van der Waals surface area contributed by atoms with Crippen molar-refractivity contribution in [3.8, 4) is 0 Å². The van der Waals surface area contributed by atoms with Crippen molar-refractivity contribution < 1.29 is 12.8 Å². The van der Waals surface area contributed by atoms with Gasteiger partial charge in [-0.25, -0.2) is 18.1 Å². The summed E-state index contributed by atoms with van der Waals surface area (Å²) < 4.78 is 31.9. The van der Waals surface area contributed by atoms with Gasteiger partial charge in [-0.15, -0.1) is 0 Å². The Kier molecular flexibility index (Phi) is 3.72. The van der Waals surface area contributed by atoms with E-state index in [1.54, 1.807) is 30.3 Å². The van der Waals surface area contributed by atoms with Crippen LogP contribution in [0.5, 0.6) is 0 Å². The molecule has 0 aliphatic rings. The number of aromatic nitrogens is 1. The molecular weight excluding hydrogens is 288 g/mol. The molecular formula is C15H14N2O3S. The van der Waals surface area contributed by atoms with Crippen LogP contribution in [0.3, 0.4) is 0 Å². The summed E-state index contributed by atoms with van der Waals surface area (Å²) in [6, 6.07) is 14.0. The van der Waals surface area contributed by atoms with Gasteiger partial charge in [0.05, 0.1) is 4.90 Å². The van der Waals surface area contributed by atoms with E-state index in [1.807, 2.05) is 18.2 Å². The molecule has 0 aliphatic heterocycles. The SMILES string of the molecule is O=S(=O)(NCCc1ccc2ncoc2c1)c1ccccc1. The van der Waals surface area contributed by atoms with Crippen molar-refractivity contribution in [3.05, 3.63) is 60.5 Å². The molecule has 2 aromatic carbocycles. The molecule has 1 N–H and O–H groups in total. The summed E-state index contributed by atoms with van der Waals surface area (Å²) >= 11 is 0. The van der Waals surface area contributed by atoms with Gasteiger partial charge in [-0.3, -0.25) is 0 Å². The van der Waals surface area contributed by atoms with E-state index in [-0.39, 0.29) is 4.90 Å². The summed E-state index contributed by atoms with van der Waals surface area (Å²) in [6.07, 6.45) is 1.98. The number of nitrogens with zero attached hydrogens (tertiary/aromatic N) is 1. The minimum atomic E-state index is -3.45. The molecule has 0 unspecified atom stereocenters. The molecule has 0 spiro atoms. The average Bonchev–Trinajstić information content (AvgIpc) is 2.95. The Labute approximate surface area is 122 Å². The molecule has 0 atom stereocenters. The number of benzene rings is 2. The van der Waals surface area contributed by atoms with Crippen LogP contribution in [0.15, 0.2) is 64.2 Å². The second-order valence-electron chi connectivity index (χ2n) is 4.62. The first-order chi connectivity index (χ1) is 10.1. The molecule has 108 valence electrons. The summed E-state index contributed by atoms with van der Waals surface area (Å²) in [7, 11) is -3.45. The van der Waals surface area contributed by atoms with Gasteiger partial charge in [0.2, 0.25) is 10.0 Å². The van der Waals surface area contributed by atoms with Crippen molar-refractivity contribution in [2.75, 3.05) is 6.54 Å². The molecule has 3 aromatic rings. The van der Waals surface area contributed by atoms with Gasteiger partial charge in [-0.05, 0) is 36.2 Å². The van der Waals surface area contributed by atoms with Gasteiger partial charge >= 0.3 is 0 Å². The first kappa shape index (κ1) is 13.8. The van der Waals surface area contributed by atoms with Crippen molar-refractivity contribution in [1.82, 2.24) is 9.71 Å². The third-order valence-corrected chi connectivity index (χ3v) is 4.63. The van der Waals surface area contributed by atoms with E-state index in [1.165, 1.54) is 6.39 Å². The number of rotatable bonds is 5. The molecule has 5 nitrogen and oxygen atoms in total.